The van der Waals surface area contributed by atoms with Gasteiger partial charge in [-0.1, -0.05) is 35.3 Å². The Morgan fingerprint density at radius 1 is 1.07 bits per heavy atom. The fourth-order valence-electron chi connectivity index (χ4n) is 2.46. The molecule has 0 radical (unpaired) electrons. The lowest BCUT2D eigenvalue weighted by molar-refractivity contribution is -0.137. The van der Waals surface area contributed by atoms with Gasteiger partial charge in [-0.3, -0.25) is 4.79 Å². The van der Waals surface area contributed by atoms with E-state index >= 15 is 0 Å². The van der Waals surface area contributed by atoms with Crippen molar-refractivity contribution in [2.75, 3.05) is 5.32 Å². The SMILES string of the molecule is O=C(Cc1cccnc1Oc1cccc(C(F)(F)F)c1)Nc1ccc(Cl)cc1Cl. The van der Waals surface area contributed by atoms with E-state index < -0.39 is 17.6 Å². The number of carbonyl (C=O) groups excluding carboxylic acids is 1. The van der Waals surface area contributed by atoms with Crippen molar-refractivity contribution >= 4 is 34.8 Å². The quantitative estimate of drug-likeness (QED) is 0.500. The molecule has 0 saturated heterocycles. The molecule has 1 N–H and O–H groups in total. The lowest BCUT2D eigenvalue weighted by Crippen LogP contribution is -2.15. The largest absolute Gasteiger partial charge is 0.439 e. The Kier molecular flexibility index (Phi) is 6.30. The third-order valence-corrected chi connectivity index (χ3v) is 4.33. The molecular formula is C20H13Cl2F3N2O2. The fourth-order valence-corrected chi connectivity index (χ4v) is 2.91. The van der Waals surface area contributed by atoms with Crippen LogP contribution in [0.5, 0.6) is 11.6 Å². The van der Waals surface area contributed by atoms with E-state index in [1.54, 1.807) is 24.3 Å². The number of nitrogens with one attached hydrogen (secondary N) is 1. The number of amides is 1. The van der Waals surface area contributed by atoms with E-state index in [-0.39, 0.29) is 23.1 Å². The average molecular weight is 441 g/mol. The fraction of sp³-hybridized carbons (Fsp3) is 0.100. The van der Waals surface area contributed by atoms with Gasteiger partial charge in [0.1, 0.15) is 5.75 Å². The van der Waals surface area contributed by atoms with Crippen LogP contribution in [0.1, 0.15) is 11.1 Å². The number of alkyl halides is 3. The Morgan fingerprint density at radius 2 is 1.86 bits per heavy atom. The van der Waals surface area contributed by atoms with Crippen LogP contribution in [0, 0.1) is 0 Å². The highest BCUT2D eigenvalue weighted by Gasteiger charge is 2.30. The van der Waals surface area contributed by atoms with Crippen molar-refractivity contribution in [3.8, 4) is 11.6 Å². The Bertz CT molecular complexity index is 1040. The van der Waals surface area contributed by atoms with Gasteiger partial charge in [-0.05, 0) is 42.5 Å². The first-order valence-corrected chi connectivity index (χ1v) is 9.02. The number of rotatable bonds is 5. The van der Waals surface area contributed by atoms with Crippen LogP contribution in [0.3, 0.4) is 0 Å². The van der Waals surface area contributed by atoms with Gasteiger partial charge in [0.05, 0.1) is 22.7 Å². The highest BCUT2D eigenvalue weighted by molar-refractivity contribution is 6.36. The zero-order valence-electron chi connectivity index (χ0n) is 14.6. The Labute approximate surface area is 174 Å². The van der Waals surface area contributed by atoms with E-state index in [2.05, 4.69) is 10.3 Å². The van der Waals surface area contributed by atoms with Gasteiger partial charge in [-0.2, -0.15) is 13.2 Å². The van der Waals surface area contributed by atoms with E-state index in [1.807, 2.05) is 0 Å². The number of ether oxygens (including phenoxy) is 1. The summed E-state index contributed by atoms with van der Waals surface area (Å²) in [6.07, 6.45) is -3.20. The van der Waals surface area contributed by atoms with Crippen LogP contribution in [0.2, 0.25) is 10.0 Å². The number of hydrogen-bond acceptors (Lipinski definition) is 3. The maximum Gasteiger partial charge on any atom is 0.416 e. The lowest BCUT2D eigenvalue weighted by atomic mass is 10.2. The van der Waals surface area contributed by atoms with Gasteiger partial charge in [0, 0.05) is 16.8 Å². The average Bonchev–Trinajstić information content (AvgIpc) is 2.65. The van der Waals surface area contributed by atoms with Gasteiger partial charge >= 0.3 is 6.18 Å². The second-order valence-corrected chi connectivity index (χ2v) is 6.79. The summed E-state index contributed by atoms with van der Waals surface area (Å²) in [6.45, 7) is 0. The maximum atomic E-state index is 12.9. The van der Waals surface area contributed by atoms with Gasteiger partial charge in [0.15, 0.2) is 0 Å². The first-order chi connectivity index (χ1) is 13.7. The normalized spacial score (nSPS) is 11.2. The molecule has 0 aliphatic heterocycles. The van der Waals surface area contributed by atoms with Crippen LogP contribution in [0.25, 0.3) is 0 Å². The molecule has 1 aromatic heterocycles. The Morgan fingerprint density at radius 3 is 2.59 bits per heavy atom. The van der Waals surface area contributed by atoms with Crippen LogP contribution < -0.4 is 10.1 Å². The number of aromatic nitrogens is 1. The van der Waals surface area contributed by atoms with Crippen LogP contribution >= 0.6 is 23.2 Å². The van der Waals surface area contributed by atoms with E-state index in [9.17, 15) is 18.0 Å². The van der Waals surface area contributed by atoms with E-state index in [4.69, 9.17) is 27.9 Å². The molecule has 29 heavy (non-hydrogen) atoms. The summed E-state index contributed by atoms with van der Waals surface area (Å²) in [6, 6.07) is 12.2. The zero-order valence-corrected chi connectivity index (χ0v) is 16.1. The molecule has 0 atom stereocenters. The minimum Gasteiger partial charge on any atom is -0.439 e. The molecule has 9 heteroatoms. The number of carbonyl (C=O) groups is 1. The van der Waals surface area contributed by atoms with Gasteiger partial charge in [-0.25, -0.2) is 4.98 Å². The molecule has 0 bridgehead atoms. The van der Waals surface area contributed by atoms with Crippen molar-refractivity contribution in [3.63, 3.8) is 0 Å². The Hall–Kier alpha value is -2.77. The molecule has 3 rings (SSSR count). The summed E-state index contributed by atoms with van der Waals surface area (Å²) in [7, 11) is 0. The van der Waals surface area contributed by atoms with Crippen molar-refractivity contribution in [1.82, 2.24) is 4.98 Å². The molecule has 0 saturated carbocycles. The minimum atomic E-state index is -4.50. The summed E-state index contributed by atoms with van der Waals surface area (Å²) in [5, 5.41) is 3.35. The first-order valence-electron chi connectivity index (χ1n) is 8.26. The van der Waals surface area contributed by atoms with Crippen molar-refractivity contribution < 1.29 is 22.7 Å². The predicted molar refractivity (Wildman–Crippen MR) is 105 cm³/mol. The molecule has 150 valence electrons. The molecule has 0 aliphatic carbocycles. The van der Waals surface area contributed by atoms with Crippen molar-refractivity contribution in [3.05, 3.63) is 82.0 Å². The summed E-state index contributed by atoms with van der Waals surface area (Å²) in [5.41, 5.74) is -0.0691. The molecular weight excluding hydrogens is 428 g/mol. The summed E-state index contributed by atoms with van der Waals surface area (Å²) >= 11 is 11.9. The van der Waals surface area contributed by atoms with Crippen LogP contribution in [0.4, 0.5) is 18.9 Å². The summed E-state index contributed by atoms with van der Waals surface area (Å²) < 4.78 is 44.1. The van der Waals surface area contributed by atoms with Gasteiger partial charge < -0.3 is 10.1 Å². The van der Waals surface area contributed by atoms with Gasteiger partial charge in [0.2, 0.25) is 11.8 Å². The molecule has 0 fully saturated rings. The predicted octanol–water partition coefficient (Wildman–Crippen LogP) is 6.38. The van der Waals surface area contributed by atoms with Crippen LogP contribution in [-0.2, 0) is 17.4 Å². The highest BCUT2D eigenvalue weighted by atomic mass is 35.5. The van der Waals surface area contributed by atoms with Crippen LogP contribution in [-0.4, -0.2) is 10.9 Å². The third kappa shape index (κ3) is 5.62. The summed E-state index contributed by atoms with van der Waals surface area (Å²) in [4.78, 5) is 16.4. The topological polar surface area (TPSA) is 51.2 Å². The molecule has 2 aromatic carbocycles. The maximum absolute atomic E-state index is 12.9. The zero-order chi connectivity index (χ0) is 21.0. The van der Waals surface area contributed by atoms with Crippen molar-refractivity contribution in [2.24, 2.45) is 0 Å². The second-order valence-electron chi connectivity index (χ2n) is 5.94. The minimum absolute atomic E-state index is 0.0316. The van der Waals surface area contributed by atoms with Crippen LogP contribution in [0.15, 0.2) is 60.8 Å². The van der Waals surface area contributed by atoms with Crippen molar-refractivity contribution in [2.45, 2.75) is 12.6 Å². The van der Waals surface area contributed by atoms with E-state index in [1.165, 1.54) is 24.4 Å². The summed E-state index contributed by atoms with van der Waals surface area (Å²) in [5.74, 6) is -0.416. The molecule has 0 unspecified atom stereocenters. The molecule has 4 nitrogen and oxygen atoms in total. The van der Waals surface area contributed by atoms with Crippen molar-refractivity contribution in [1.29, 1.82) is 0 Å². The van der Waals surface area contributed by atoms with E-state index in [0.29, 0.717) is 16.3 Å². The molecule has 1 heterocycles. The Balaban J connectivity index is 1.76. The van der Waals surface area contributed by atoms with Gasteiger partial charge in [0.25, 0.3) is 0 Å². The molecule has 0 spiro atoms. The number of nitrogens with zero attached hydrogens (tertiary/aromatic N) is 1. The number of pyridine rings is 1. The number of benzene rings is 2. The number of halogens is 5. The standard InChI is InChI=1S/C20H13Cl2F3N2O2/c21-14-6-7-17(16(22)11-14)27-18(28)9-12-3-2-8-26-19(12)29-15-5-1-4-13(10-15)20(23,24)25/h1-8,10-11H,9H2,(H,27,28). The molecule has 0 aliphatic rings. The number of anilines is 1. The monoisotopic (exact) mass is 440 g/mol. The van der Waals surface area contributed by atoms with E-state index in [0.717, 1.165) is 12.1 Å². The highest BCUT2D eigenvalue weighted by Crippen LogP contribution is 2.33. The number of hydrogen-bond donors (Lipinski definition) is 1. The third-order valence-electron chi connectivity index (χ3n) is 3.78. The smallest absolute Gasteiger partial charge is 0.416 e. The molecule has 3 aromatic rings. The molecule has 1 amide bonds. The lowest BCUT2D eigenvalue weighted by Gasteiger charge is -2.12. The van der Waals surface area contributed by atoms with Gasteiger partial charge in [-0.15, -0.1) is 0 Å². The first kappa shape index (κ1) is 21.0. The second kappa shape index (κ2) is 8.71.